The Morgan fingerprint density at radius 1 is 1.21 bits per heavy atom. The van der Waals surface area contributed by atoms with Crippen LogP contribution in [-0.2, 0) is 11.2 Å². The molecule has 0 aliphatic rings. The highest BCUT2D eigenvalue weighted by Gasteiger charge is 2.14. The average molecular weight is 389 g/mol. The van der Waals surface area contributed by atoms with Crippen molar-refractivity contribution < 1.29 is 4.79 Å². The van der Waals surface area contributed by atoms with Gasteiger partial charge < -0.3 is 9.88 Å². The van der Waals surface area contributed by atoms with E-state index in [1.165, 1.54) is 6.33 Å². The molecule has 0 aliphatic carbocycles. The molecule has 3 heterocycles. The molecule has 8 nitrogen and oxygen atoms in total. The number of nitrogens with one attached hydrogen (secondary N) is 1. The number of imidazole rings is 1. The van der Waals surface area contributed by atoms with Gasteiger partial charge in [0, 0.05) is 35.9 Å². The highest BCUT2D eigenvalue weighted by Crippen LogP contribution is 2.17. The number of aryl methyl sites for hydroxylation is 2. The number of nitrogens with zero attached hydrogens (tertiary/aromatic N) is 6. The molecule has 0 unspecified atom stereocenters. The lowest BCUT2D eigenvalue weighted by atomic mass is 10.0. The molecule has 4 rings (SSSR count). The fraction of sp³-hybridized carbons (Fsp3) is 0.286. The van der Waals surface area contributed by atoms with Crippen LogP contribution in [-0.4, -0.2) is 35.0 Å². The summed E-state index contributed by atoms with van der Waals surface area (Å²) >= 11 is 0. The van der Waals surface area contributed by atoms with Gasteiger partial charge in [-0.05, 0) is 50.5 Å². The number of carbonyl (C=O) groups excluding carboxylic acids is 1. The van der Waals surface area contributed by atoms with Crippen molar-refractivity contribution in [3.05, 3.63) is 71.8 Å². The van der Waals surface area contributed by atoms with Crippen molar-refractivity contribution >= 4 is 11.7 Å². The van der Waals surface area contributed by atoms with Crippen molar-refractivity contribution in [2.45, 2.75) is 39.7 Å². The van der Waals surface area contributed by atoms with Crippen molar-refractivity contribution in [2.75, 3.05) is 0 Å². The van der Waals surface area contributed by atoms with E-state index in [9.17, 15) is 4.79 Å². The van der Waals surface area contributed by atoms with Gasteiger partial charge in [-0.25, -0.2) is 14.5 Å². The normalized spacial score (nSPS) is 12.2. The largest absolute Gasteiger partial charge is 0.350 e. The van der Waals surface area contributed by atoms with Gasteiger partial charge >= 0.3 is 0 Å². The third kappa shape index (κ3) is 3.87. The van der Waals surface area contributed by atoms with Gasteiger partial charge in [-0.1, -0.05) is 12.1 Å². The first-order valence-electron chi connectivity index (χ1n) is 9.56. The zero-order valence-corrected chi connectivity index (χ0v) is 16.7. The van der Waals surface area contributed by atoms with Gasteiger partial charge in [-0.3, -0.25) is 4.79 Å². The van der Waals surface area contributed by atoms with Crippen LogP contribution in [0.3, 0.4) is 0 Å². The Balaban J connectivity index is 1.38. The summed E-state index contributed by atoms with van der Waals surface area (Å²) in [6.45, 7) is 5.91. The summed E-state index contributed by atoms with van der Waals surface area (Å²) in [6.07, 6.45) is 7.90. The van der Waals surface area contributed by atoms with Gasteiger partial charge in [0.2, 0.25) is 5.91 Å². The van der Waals surface area contributed by atoms with Crippen molar-refractivity contribution in [1.29, 1.82) is 0 Å². The van der Waals surface area contributed by atoms with E-state index in [0.717, 1.165) is 28.2 Å². The Labute approximate surface area is 168 Å². The fourth-order valence-corrected chi connectivity index (χ4v) is 3.50. The molecule has 0 bridgehead atoms. The topological polar surface area (TPSA) is 90.0 Å². The van der Waals surface area contributed by atoms with E-state index in [0.29, 0.717) is 18.6 Å². The van der Waals surface area contributed by atoms with Crippen LogP contribution in [0.1, 0.15) is 41.9 Å². The van der Waals surface area contributed by atoms with Crippen LogP contribution >= 0.6 is 0 Å². The van der Waals surface area contributed by atoms with E-state index in [2.05, 4.69) is 25.4 Å². The van der Waals surface area contributed by atoms with E-state index in [-0.39, 0.29) is 11.9 Å². The molecule has 1 atom stereocenters. The molecule has 0 spiro atoms. The third-order valence-corrected chi connectivity index (χ3v) is 5.16. The summed E-state index contributed by atoms with van der Waals surface area (Å²) in [5.74, 6) is 0.592. The number of aromatic nitrogens is 6. The highest BCUT2D eigenvalue weighted by molar-refractivity contribution is 5.76. The van der Waals surface area contributed by atoms with Crippen LogP contribution in [0.2, 0.25) is 0 Å². The van der Waals surface area contributed by atoms with E-state index in [4.69, 9.17) is 0 Å². The lowest BCUT2D eigenvalue weighted by Gasteiger charge is -2.16. The number of hydrogen-bond donors (Lipinski definition) is 1. The Kier molecular flexibility index (Phi) is 5.07. The molecule has 0 fully saturated rings. The summed E-state index contributed by atoms with van der Waals surface area (Å²) in [5, 5.41) is 7.28. The summed E-state index contributed by atoms with van der Waals surface area (Å²) in [4.78, 5) is 25.2. The second-order valence-corrected chi connectivity index (χ2v) is 7.08. The quantitative estimate of drug-likeness (QED) is 0.548. The second kappa shape index (κ2) is 7.83. The molecule has 0 saturated carbocycles. The van der Waals surface area contributed by atoms with Gasteiger partial charge in [-0.15, -0.1) is 0 Å². The molecule has 148 valence electrons. The monoisotopic (exact) mass is 389 g/mol. The van der Waals surface area contributed by atoms with E-state index in [1.807, 2.05) is 55.8 Å². The van der Waals surface area contributed by atoms with Crippen molar-refractivity contribution in [3.63, 3.8) is 0 Å². The standard InChI is InChI=1S/C21H23N7O/c1-14(17-4-6-18(7-5-17)27-11-10-22-13-27)25-20(29)9-8-19-15(2)26-21-23-12-24-28(21)16(19)3/h4-7,10-14H,8-9H2,1-3H3,(H,25,29)/t14-/m1/s1. The molecule has 0 saturated heterocycles. The predicted octanol–water partition coefficient (Wildman–Crippen LogP) is 2.74. The minimum atomic E-state index is -0.0718. The van der Waals surface area contributed by atoms with Gasteiger partial charge in [0.15, 0.2) is 0 Å². The Bertz CT molecular complexity index is 1130. The molecule has 29 heavy (non-hydrogen) atoms. The van der Waals surface area contributed by atoms with Gasteiger partial charge in [-0.2, -0.15) is 10.1 Å². The summed E-state index contributed by atoms with van der Waals surface area (Å²) in [6, 6.07) is 8.02. The first-order valence-corrected chi connectivity index (χ1v) is 9.56. The molecule has 1 N–H and O–H groups in total. The minimum Gasteiger partial charge on any atom is -0.350 e. The first kappa shape index (κ1) is 18.8. The fourth-order valence-electron chi connectivity index (χ4n) is 3.50. The van der Waals surface area contributed by atoms with E-state index in [1.54, 1.807) is 17.0 Å². The lowest BCUT2D eigenvalue weighted by molar-refractivity contribution is -0.121. The molecule has 0 radical (unpaired) electrons. The molecule has 4 aromatic rings. The molecule has 8 heteroatoms. The maximum atomic E-state index is 12.5. The summed E-state index contributed by atoms with van der Waals surface area (Å²) < 4.78 is 3.66. The molecule has 0 aliphatic heterocycles. The maximum Gasteiger partial charge on any atom is 0.252 e. The number of carbonyl (C=O) groups is 1. The first-order chi connectivity index (χ1) is 14.0. The van der Waals surface area contributed by atoms with Crippen molar-refractivity contribution in [3.8, 4) is 5.69 Å². The van der Waals surface area contributed by atoms with Crippen LogP contribution in [0.5, 0.6) is 0 Å². The molecular weight excluding hydrogens is 366 g/mol. The highest BCUT2D eigenvalue weighted by atomic mass is 16.1. The number of benzene rings is 1. The Morgan fingerprint density at radius 2 is 2.00 bits per heavy atom. The summed E-state index contributed by atoms with van der Waals surface area (Å²) in [5.41, 5.74) is 4.99. The number of fused-ring (bicyclic) bond motifs is 1. The van der Waals surface area contributed by atoms with Crippen LogP contribution < -0.4 is 5.32 Å². The van der Waals surface area contributed by atoms with Gasteiger partial charge in [0.1, 0.15) is 6.33 Å². The smallest absolute Gasteiger partial charge is 0.252 e. The lowest BCUT2D eigenvalue weighted by Crippen LogP contribution is -2.27. The number of amides is 1. The van der Waals surface area contributed by atoms with Crippen LogP contribution in [0.15, 0.2) is 49.3 Å². The van der Waals surface area contributed by atoms with Crippen LogP contribution in [0.25, 0.3) is 11.5 Å². The molecule has 3 aromatic heterocycles. The van der Waals surface area contributed by atoms with E-state index >= 15 is 0 Å². The Morgan fingerprint density at radius 3 is 2.72 bits per heavy atom. The van der Waals surface area contributed by atoms with Crippen molar-refractivity contribution in [1.82, 2.24) is 34.4 Å². The van der Waals surface area contributed by atoms with Crippen molar-refractivity contribution in [2.24, 2.45) is 0 Å². The van der Waals surface area contributed by atoms with Crippen LogP contribution in [0.4, 0.5) is 0 Å². The van der Waals surface area contributed by atoms with Gasteiger partial charge in [0.25, 0.3) is 5.78 Å². The van der Waals surface area contributed by atoms with E-state index < -0.39 is 0 Å². The molecule has 1 aromatic carbocycles. The maximum absolute atomic E-state index is 12.5. The zero-order valence-electron chi connectivity index (χ0n) is 16.7. The molecule has 1 amide bonds. The minimum absolute atomic E-state index is 0.00803. The number of hydrogen-bond acceptors (Lipinski definition) is 5. The third-order valence-electron chi connectivity index (χ3n) is 5.16. The average Bonchev–Trinajstić information content (AvgIpc) is 3.40. The Hall–Kier alpha value is -3.55. The SMILES string of the molecule is Cc1nc2ncnn2c(C)c1CCC(=O)N[C@H](C)c1ccc(-n2ccnc2)cc1. The van der Waals surface area contributed by atoms with Crippen LogP contribution in [0, 0.1) is 13.8 Å². The zero-order chi connectivity index (χ0) is 20.4. The second-order valence-electron chi connectivity index (χ2n) is 7.08. The summed E-state index contributed by atoms with van der Waals surface area (Å²) in [7, 11) is 0. The molecular formula is C21H23N7O. The van der Waals surface area contributed by atoms with Gasteiger partial charge in [0.05, 0.1) is 12.4 Å². The predicted molar refractivity (Wildman–Crippen MR) is 109 cm³/mol. The number of rotatable bonds is 6.